The molecule has 0 unspecified atom stereocenters. The van der Waals surface area contributed by atoms with E-state index in [4.69, 9.17) is 11.6 Å². The van der Waals surface area contributed by atoms with Gasteiger partial charge < -0.3 is 5.32 Å². The molecule has 0 saturated carbocycles. The molecule has 1 aromatic heterocycles. The molecule has 0 aliphatic carbocycles. The van der Waals surface area contributed by atoms with Crippen LogP contribution in [-0.2, 0) is 13.2 Å². The molecule has 134 valence electrons. The third-order valence-electron chi connectivity index (χ3n) is 3.76. The normalized spacial score (nSPS) is 11.4. The molecule has 0 radical (unpaired) electrons. The molecular weight excluding hydrogens is 367 g/mol. The Morgan fingerprint density at radius 2 is 1.88 bits per heavy atom. The maximum atomic E-state index is 12.8. The molecule has 0 spiro atoms. The molecule has 1 N–H and O–H groups in total. The lowest BCUT2D eigenvalue weighted by Crippen LogP contribution is -2.14. The third-order valence-corrected chi connectivity index (χ3v) is 4.09. The topological polar surface area (TPSA) is 46.9 Å². The van der Waals surface area contributed by atoms with Gasteiger partial charge in [-0.2, -0.15) is 18.3 Å². The fraction of sp³-hybridized carbons (Fsp3) is 0.111. The number of benzene rings is 2. The van der Waals surface area contributed by atoms with Crippen LogP contribution in [0.3, 0.4) is 0 Å². The Hall–Kier alpha value is -2.80. The molecule has 1 heterocycles. The van der Waals surface area contributed by atoms with E-state index < -0.39 is 17.6 Å². The first-order valence-corrected chi connectivity index (χ1v) is 7.90. The Kier molecular flexibility index (Phi) is 4.73. The van der Waals surface area contributed by atoms with E-state index in [0.29, 0.717) is 16.3 Å². The van der Waals surface area contributed by atoms with Crippen LogP contribution in [-0.4, -0.2) is 15.7 Å². The maximum absolute atomic E-state index is 12.8. The van der Waals surface area contributed by atoms with Gasteiger partial charge in [0.1, 0.15) is 0 Å². The fourth-order valence-electron chi connectivity index (χ4n) is 2.55. The number of halogens is 4. The summed E-state index contributed by atoms with van der Waals surface area (Å²) in [4.78, 5) is 12.6. The van der Waals surface area contributed by atoms with E-state index in [0.717, 1.165) is 12.1 Å². The van der Waals surface area contributed by atoms with E-state index in [2.05, 4.69) is 10.4 Å². The SMILES string of the molecule is Cn1ncc(C(=O)Nc2cccc(C(F)(F)F)c2)c1-c1ccccc1Cl. The Morgan fingerprint density at radius 1 is 1.15 bits per heavy atom. The number of amides is 1. The van der Waals surface area contributed by atoms with E-state index in [1.165, 1.54) is 23.0 Å². The van der Waals surface area contributed by atoms with Crippen LogP contribution in [0.5, 0.6) is 0 Å². The zero-order chi connectivity index (χ0) is 18.9. The smallest absolute Gasteiger partial charge is 0.322 e. The highest BCUT2D eigenvalue weighted by molar-refractivity contribution is 6.33. The lowest BCUT2D eigenvalue weighted by atomic mass is 10.1. The van der Waals surface area contributed by atoms with Gasteiger partial charge in [0.15, 0.2) is 0 Å². The summed E-state index contributed by atoms with van der Waals surface area (Å²) in [5.74, 6) is -0.577. The third kappa shape index (κ3) is 3.57. The molecule has 0 atom stereocenters. The molecule has 3 aromatic rings. The predicted molar refractivity (Wildman–Crippen MR) is 93.1 cm³/mol. The highest BCUT2D eigenvalue weighted by Crippen LogP contribution is 2.32. The summed E-state index contributed by atoms with van der Waals surface area (Å²) in [5, 5.41) is 6.98. The fourth-order valence-corrected chi connectivity index (χ4v) is 2.77. The average molecular weight is 380 g/mol. The highest BCUT2D eigenvalue weighted by atomic mass is 35.5. The minimum atomic E-state index is -4.49. The van der Waals surface area contributed by atoms with Gasteiger partial charge in [0.05, 0.1) is 23.0 Å². The molecular formula is C18H13ClF3N3O. The van der Waals surface area contributed by atoms with Crippen molar-refractivity contribution in [3.63, 3.8) is 0 Å². The quantitative estimate of drug-likeness (QED) is 0.695. The van der Waals surface area contributed by atoms with Crippen LogP contribution in [0.1, 0.15) is 15.9 Å². The van der Waals surface area contributed by atoms with Gasteiger partial charge in [-0.1, -0.05) is 35.9 Å². The van der Waals surface area contributed by atoms with Gasteiger partial charge in [-0.15, -0.1) is 0 Å². The largest absolute Gasteiger partial charge is 0.416 e. The first-order chi connectivity index (χ1) is 12.3. The van der Waals surface area contributed by atoms with Gasteiger partial charge in [0.2, 0.25) is 0 Å². The number of carbonyl (C=O) groups excluding carboxylic acids is 1. The van der Waals surface area contributed by atoms with Gasteiger partial charge in [0, 0.05) is 23.3 Å². The summed E-state index contributed by atoms with van der Waals surface area (Å²) in [6, 6.07) is 11.4. The first-order valence-electron chi connectivity index (χ1n) is 7.53. The van der Waals surface area contributed by atoms with Crippen molar-refractivity contribution < 1.29 is 18.0 Å². The molecule has 0 aliphatic heterocycles. The van der Waals surface area contributed by atoms with Crippen LogP contribution in [0, 0.1) is 0 Å². The van der Waals surface area contributed by atoms with Crippen molar-refractivity contribution in [2.45, 2.75) is 6.18 Å². The number of alkyl halides is 3. The number of rotatable bonds is 3. The number of aryl methyl sites for hydroxylation is 1. The van der Waals surface area contributed by atoms with Gasteiger partial charge in [-0.25, -0.2) is 0 Å². The second kappa shape index (κ2) is 6.84. The van der Waals surface area contributed by atoms with Crippen molar-refractivity contribution in [3.8, 4) is 11.3 Å². The summed E-state index contributed by atoms with van der Waals surface area (Å²) in [6.45, 7) is 0. The molecule has 26 heavy (non-hydrogen) atoms. The van der Waals surface area contributed by atoms with E-state index in [9.17, 15) is 18.0 Å². The number of nitrogens with one attached hydrogen (secondary N) is 1. The van der Waals surface area contributed by atoms with Crippen molar-refractivity contribution in [3.05, 3.63) is 70.9 Å². The second-order valence-corrected chi connectivity index (χ2v) is 5.95. The summed E-state index contributed by atoms with van der Waals surface area (Å²) in [5.41, 5.74) is 0.480. The van der Waals surface area contributed by atoms with Crippen LogP contribution in [0.4, 0.5) is 18.9 Å². The van der Waals surface area contributed by atoms with E-state index >= 15 is 0 Å². The van der Waals surface area contributed by atoms with Crippen LogP contribution >= 0.6 is 11.6 Å². The number of carbonyl (C=O) groups is 1. The van der Waals surface area contributed by atoms with Crippen molar-refractivity contribution in [2.75, 3.05) is 5.32 Å². The first kappa shape index (κ1) is 18.0. The number of hydrogen-bond donors (Lipinski definition) is 1. The van der Waals surface area contributed by atoms with Crippen LogP contribution < -0.4 is 5.32 Å². The monoisotopic (exact) mass is 379 g/mol. The average Bonchev–Trinajstić information content (AvgIpc) is 2.96. The number of aromatic nitrogens is 2. The second-order valence-electron chi connectivity index (χ2n) is 5.54. The van der Waals surface area contributed by atoms with Crippen LogP contribution in [0.15, 0.2) is 54.7 Å². The van der Waals surface area contributed by atoms with E-state index in [-0.39, 0.29) is 11.3 Å². The molecule has 4 nitrogen and oxygen atoms in total. The molecule has 0 saturated heterocycles. The van der Waals surface area contributed by atoms with Gasteiger partial charge in [-0.3, -0.25) is 9.48 Å². The minimum Gasteiger partial charge on any atom is -0.322 e. The summed E-state index contributed by atoms with van der Waals surface area (Å²) >= 11 is 6.20. The van der Waals surface area contributed by atoms with Crippen molar-refractivity contribution in [1.29, 1.82) is 0 Å². The zero-order valence-electron chi connectivity index (χ0n) is 13.5. The summed E-state index contributed by atoms with van der Waals surface area (Å²) < 4.78 is 40.0. The molecule has 1 amide bonds. The summed E-state index contributed by atoms with van der Waals surface area (Å²) in [6.07, 6.45) is -3.14. The van der Waals surface area contributed by atoms with Crippen LogP contribution in [0.25, 0.3) is 11.3 Å². The zero-order valence-corrected chi connectivity index (χ0v) is 14.3. The van der Waals surface area contributed by atoms with Crippen molar-refractivity contribution in [1.82, 2.24) is 9.78 Å². The Morgan fingerprint density at radius 3 is 2.58 bits per heavy atom. The molecule has 2 aromatic carbocycles. The molecule has 3 rings (SSSR count). The lowest BCUT2D eigenvalue weighted by molar-refractivity contribution is -0.137. The Labute approximate surface area is 152 Å². The van der Waals surface area contributed by atoms with Gasteiger partial charge >= 0.3 is 6.18 Å². The van der Waals surface area contributed by atoms with Crippen molar-refractivity contribution >= 4 is 23.2 Å². The number of nitrogens with zero attached hydrogens (tertiary/aromatic N) is 2. The maximum Gasteiger partial charge on any atom is 0.416 e. The summed E-state index contributed by atoms with van der Waals surface area (Å²) in [7, 11) is 1.65. The molecule has 0 bridgehead atoms. The Balaban J connectivity index is 1.95. The van der Waals surface area contributed by atoms with E-state index in [1.807, 2.05) is 0 Å². The standard InChI is InChI=1S/C18H13ClF3N3O/c1-25-16(13-7-2-3-8-15(13)19)14(10-23-25)17(26)24-12-6-4-5-11(9-12)18(20,21)22/h2-10H,1H3,(H,24,26). The molecule has 0 aliphatic rings. The lowest BCUT2D eigenvalue weighted by Gasteiger charge is -2.11. The van der Waals surface area contributed by atoms with E-state index in [1.54, 1.807) is 31.3 Å². The Bertz CT molecular complexity index is 966. The van der Waals surface area contributed by atoms with Gasteiger partial charge in [0.25, 0.3) is 5.91 Å². The number of hydrogen-bond acceptors (Lipinski definition) is 2. The van der Waals surface area contributed by atoms with Crippen LogP contribution in [0.2, 0.25) is 5.02 Å². The predicted octanol–water partition coefficient (Wildman–Crippen LogP) is 5.01. The minimum absolute atomic E-state index is 0.0405. The highest BCUT2D eigenvalue weighted by Gasteiger charge is 2.30. The molecule has 8 heteroatoms. The van der Waals surface area contributed by atoms with Gasteiger partial charge in [-0.05, 0) is 24.3 Å². The van der Waals surface area contributed by atoms with Crippen molar-refractivity contribution in [2.24, 2.45) is 7.05 Å². The molecule has 0 fully saturated rings. The number of anilines is 1.